The van der Waals surface area contributed by atoms with Crippen LogP contribution in [-0.2, 0) is 19.6 Å². The lowest BCUT2D eigenvalue weighted by Gasteiger charge is -2.10. The highest BCUT2D eigenvalue weighted by molar-refractivity contribution is 7.89. The summed E-state index contributed by atoms with van der Waals surface area (Å²) in [4.78, 5) is 23.5. The lowest BCUT2D eigenvalue weighted by Crippen LogP contribution is -2.37. The van der Waals surface area contributed by atoms with Gasteiger partial charge in [-0.25, -0.2) is 8.42 Å². The van der Waals surface area contributed by atoms with E-state index < -0.39 is 22.0 Å². The standard InChI is InChI=1S/C16H16N2O6S.2H2/c1-10-13(6-8-23-10)15(19)17-11-2-4-12(5-3-11)25(21,22)18-14-7-9-24-16(14)20;;/h2-6,8,14,18H,7,9H2,1H3,(H,17,19);2*1H. The molecule has 1 atom stereocenters. The van der Waals surface area contributed by atoms with Crippen molar-refractivity contribution in [3.8, 4) is 0 Å². The number of hydrogen-bond donors (Lipinski definition) is 2. The fourth-order valence-corrected chi connectivity index (χ4v) is 3.61. The van der Waals surface area contributed by atoms with Gasteiger partial charge in [0.05, 0.1) is 23.3 Å². The van der Waals surface area contributed by atoms with Gasteiger partial charge < -0.3 is 14.5 Å². The molecule has 2 N–H and O–H groups in total. The first-order valence-corrected chi connectivity index (χ1v) is 8.99. The van der Waals surface area contributed by atoms with E-state index in [1.807, 2.05) is 0 Å². The van der Waals surface area contributed by atoms with Gasteiger partial charge in [-0.3, -0.25) is 9.59 Å². The molecule has 1 amide bonds. The largest absolute Gasteiger partial charge is 0.469 e. The highest BCUT2D eigenvalue weighted by atomic mass is 32.2. The van der Waals surface area contributed by atoms with E-state index in [1.54, 1.807) is 13.0 Å². The van der Waals surface area contributed by atoms with Crippen LogP contribution in [0.15, 0.2) is 45.9 Å². The molecule has 1 aromatic heterocycles. The number of esters is 1. The molecule has 1 aliphatic rings. The molecule has 1 unspecified atom stereocenters. The van der Waals surface area contributed by atoms with Crippen molar-refractivity contribution in [2.24, 2.45) is 0 Å². The summed E-state index contributed by atoms with van der Waals surface area (Å²) in [6.07, 6.45) is 1.72. The molecule has 2 heterocycles. The number of carbonyl (C=O) groups excluding carboxylic acids is 2. The van der Waals surface area contributed by atoms with Gasteiger partial charge in [-0.2, -0.15) is 4.72 Å². The first kappa shape index (κ1) is 17.2. The molecule has 3 rings (SSSR count). The van der Waals surface area contributed by atoms with Crippen molar-refractivity contribution in [1.29, 1.82) is 0 Å². The van der Waals surface area contributed by atoms with Crippen LogP contribution in [0.5, 0.6) is 0 Å². The predicted molar refractivity (Wildman–Crippen MR) is 91.8 cm³/mol. The van der Waals surface area contributed by atoms with Crippen molar-refractivity contribution in [3.05, 3.63) is 47.9 Å². The molecule has 1 fully saturated rings. The number of anilines is 1. The van der Waals surface area contributed by atoms with Crippen LogP contribution in [0.3, 0.4) is 0 Å². The number of nitrogens with one attached hydrogen (secondary N) is 2. The second-order valence-corrected chi connectivity index (χ2v) is 7.21. The minimum absolute atomic E-state index is 0. The van der Waals surface area contributed by atoms with Crippen LogP contribution < -0.4 is 10.0 Å². The second kappa shape index (κ2) is 6.69. The molecular weight excluding hydrogens is 348 g/mol. The number of sulfonamides is 1. The van der Waals surface area contributed by atoms with Gasteiger partial charge in [-0.05, 0) is 37.3 Å². The summed E-state index contributed by atoms with van der Waals surface area (Å²) in [5.74, 6) is -0.444. The minimum Gasteiger partial charge on any atom is -0.469 e. The van der Waals surface area contributed by atoms with Crippen LogP contribution in [0.4, 0.5) is 5.69 Å². The van der Waals surface area contributed by atoms with E-state index in [1.165, 1.54) is 30.5 Å². The topological polar surface area (TPSA) is 115 Å². The summed E-state index contributed by atoms with van der Waals surface area (Å²) in [5, 5.41) is 2.66. The Bertz CT molecular complexity index is 911. The fraction of sp³-hybridized carbons (Fsp3) is 0.250. The normalized spacial score (nSPS) is 17.3. The molecule has 0 saturated carbocycles. The summed E-state index contributed by atoms with van der Waals surface area (Å²) in [5.41, 5.74) is 0.836. The van der Waals surface area contributed by atoms with Crippen LogP contribution >= 0.6 is 0 Å². The summed E-state index contributed by atoms with van der Waals surface area (Å²) in [6, 6.07) is 6.31. The Morgan fingerprint density at radius 1 is 1.24 bits per heavy atom. The zero-order valence-electron chi connectivity index (χ0n) is 13.3. The number of ether oxygens (including phenoxy) is 1. The molecule has 1 aromatic carbocycles. The third kappa shape index (κ3) is 3.72. The molecule has 2 aromatic rings. The summed E-state index contributed by atoms with van der Waals surface area (Å²) < 4.78 is 36.7. The Morgan fingerprint density at radius 2 is 1.96 bits per heavy atom. The molecule has 1 aliphatic heterocycles. The molecule has 1 saturated heterocycles. The SMILES string of the molecule is Cc1occc1C(=O)Nc1ccc(S(=O)(=O)NC2CCOC2=O)cc1.[HH].[HH]. The van der Waals surface area contributed by atoms with Gasteiger partial charge in [-0.15, -0.1) is 0 Å². The summed E-state index contributed by atoms with van der Waals surface area (Å²) in [6.45, 7) is 1.87. The Labute approximate surface area is 147 Å². The van der Waals surface area contributed by atoms with Crippen LogP contribution in [0.25, 0.3) is 0 Å². The van der Waals surface area contributed by atoms with Crippen LogP contribution in [0.2, 0.25) is 0 Å². The maximum absolute atomic E-state index is 12.3. The number of carbonyl (C=O) groups is 2. The van der Waals surface area contributed by atoms with Crippen LogP contribution in [0.1, 0.15) is 25.4 Å². The Balaban J connectivity index is 0.00000182. The lowest BCUT2D eigenvalue weighted by molar-refractivity contribution is -0.139. The number of rotatable bonds is 5. The summed E-state index contributed by atoms with van der Waals surface area (Å²) >= 11 is 0. The predicted octanol–water partition coefficient (Wildman–Crippen LogP) is 1.93. The number of furan rings is 1. The first-order chi connectivity index (χ1) is 11.9. The highest BCUT2D eigenvalue weighted by Gasteiger charge is 2.31. The van der Waals surface area contributed by atoms with Gasteiger partial charge in [0.1, 0.15) is 11.8 Å². The smallest absolute Gasteiger partial charge is 0.324 e. The Kier molecular flexibility index (Phi) is 4.60. The molecular formula is C16H20N2O6S. The quantitative estimate of drug-likeness (QED) is 0.779. The number of cyclic esters (lactones) is 1. The average Bonchev–Trinajstić information content (AvgIpc) is 3.16. The van der Waals surface area contributed by atoms with Gasteiger partial charge in [-0.1, -0.05) is 0 Å². The van der Waals surface area contributed by atoms with Crippen molar-refractivity contribution >= 4 is 27.6 Å². The third-order valence-corrected chi connectivity index (χ3v) is 5.25. The number of amides is 1. The zero-order valence-corrected chi connectivity index (χ0v) is 14.1. The van der Waals surface area contributed by atoms with E-state index in [0.717, 1.165) is 0 Å². The van der Waals surface area contributed by atoms with Crippen molar-refractivity contribution in [1.82, 2.24) is 4.72 Å². The van der Waals surface area contributed by atoms with E-state index in [0.29, 0.717) is 23.4 Å². The summed E-state index contributed by atoms with van der Waals surface area (Å²) in [7, 11) is -3.85. The first-order valence-electron chi connectivity index (χ1n) is 7.51. The molecule has 8 nitrogen and oxygen atoms in total. The highest BCUT2D eigenvalue weighted by Crippen LogP contribution is 2.18. The molecule has 0 radical (unpaired) electrons. The van der Waals surface area contributed by atoms with Gasteiger partial charge >= 0.3 is 5.97 Å². The van der Waals surface area contributed by atoms with Crippen LogP contribution in [0, 0.1) is 6.92 Å². The second-order valence-electron chi connectivity index (χ2n) is 5.50. The average molecular weight is 368 g/mol. The van der Waals surface area contributed by atoms with Crippen molar-refractivity contribution in [3.63, 3.8) is 0 Å². The van der Waals surface area contributed by atoms with Gasteiger partial charge in [0, 0.05) is 15.0 Å². The Morgan fingerprint density at radius 3 is 2.52 bits per heavy atom. The number of hydrogen-bond acceptors (Lipinski definition) is 6. The molecule has 0 bridgehead atoms. The number of benzene rings is 1. The lowest BCUT2D eigenvalue weighted by atomic mass is 10.2. The van der Waals surface area contributed by atoms with E-state index in [9.17, 15) is 18.0 Å². The van der Waals surface area contributed by atoms with E-state index in [4.69, 9.17) is 9.15 Å². The molecule has 0 spiro atoms. The molecule has 136 valence electrons. The maximum Gasteiger partial charge on any atom is 0.324 e. The van der Waals surface area contributed by atoms with Crippen molar-refractivity contribution in [2.75, 3.05) is 11.9 Å². The van der Waals surface area contributed by atoms with E-state index in [2.05, 4.69) is 10.0 Å². The number of aryl methyl sites for hydroxylation is 1. The van der Waals surface area contributed by atoms with Crippen LogP contribution in [-0.4, -0.2) is 32.9 Å². The molecule has 9 heteroatoms. The Hall–Kier alpha value is -2.65. The van der Waals surface area contributed by atoms with E-state index in [-0.39, 0.29) is 20.3 Å². The zero-order chi connectivity index (χ0) is 18.0. The van der Waals surface area contributed by atoms with Gasteiger partial charge in [0.15, 0.2) is 0 Å². The van der Waals surface area contributed by atoms with E-state index >= 15 is 0 Å². The maximum atomic E-state index is 12.3. The molecule has 0 aliphatic carbocycles. The fourth-order valence-electron chi connectivity index (χ4n) is 2.39. The van der Waals surface area contributed by atoms with Crippen molar-refractivity contribution < 1.29 is 30.0 Å². The monoisotopic (exact) mass is 368 g/mol. The van der Waals surface area contributed by atoms with Gasteiger partial charge in [0.25, 0.3) is 5.91 Å². The molecule has 25 heavy (non-hydrogen) atoms. The van der Waals surface area contributed by atoms with Crippen molar-refractivity contribution in [2.45, 2.75) is 24.3 Å². The van der Waals surface area contributed by atoms with Gasteiger partial charge in [0.2, 0.25) is 10.0 Å². The minimum atomic E-state index is -3.85. The third-order valence-electron chi connectivity index (χ3n) is 3.76.